The molecule has 0 aliphatic heterocycles. The minimum absolute atomic E-state index is 0.200. The van der Waals surface area contributed by atoms with Crippen molar-refractivity contribution in [1.82, 2.24) is 14.8 Å². The molecule has 0 atom stereocenters. The zero-order valence-corrected chi connectivity index (χ0v) is 29.5. The van der Waals surface area contributed by atoms with Crippen molar-refractivity contribution < 1.29 is 9.53 Å². The fourth-order valence-corrected chi connectivity index (χ4v) is 4.67. The van der Waals surface area contributed by atoms with E-state index in [1.54, 1.807) is 23.8 Å². The molecule has 1 aromatic carbocycles. The summed E-state index contributed by atoms with van der Waals surface area (Å²) in [6.45, 7) is 16.4. The summed E-state index contributed by atoms with van der Waals surface area (Å²) in [7, 11) is 0. The van der Waals surface area contributed by atoms with E-state index in [1.807, 2.05) is 91.1 Å². The van der Waals surface area contributed by atoms with E-state index >= 15 is 0 Å². The Labute approximate surface area is 278 Å². The van der Waals surface area contributed by atoms with Crippen molar-refractivity contribution in [2.45, 2.75) is 68.4 Å². The molecule has 0 aliphatic rings. The van der Waals surface area contributed by atoms with Crippen LogP contribution in [0.4, 0.5) is 11.5 Å². The van der Waals surface area contributed by atoms with Gasteiger partial charge in [-0.2, -0.15) is 5.10 Å². The summed E-state index contributed by atoms with van der Waals surface area (Å²) in [6, 6.07) is 5.91. The van der Waals surface area contributed by atoms with E-state index < -0.39 is 0 Å². The number of hydrogen-bond acceptors (Lipinski definition) is 7. The number of nitrogens with one attached hydrogen (secondary N) is 2. The number of aromatic nitrogens is 3. The van der Waals surface area contributed by atoms with Crippen LogP contribution >= 0.6 is 23.5 Å². The van der Waals surface area contributed by atoms with E-state index in [0.717, 1.165) is 27.7 Å². The molecule has 2 aromatic heterocycles. The zero-order valence-electron chi connectivity index (χ0n) is 27.9. The number of halogens is 1. The van der Waals surface area contributed by atoms with Crippen LogP contribution in [0.3, 0.4) is 0 Å². The molecule has 0 bridgehead atoms. The Balaban J connectivity index is 0.00000191. The lowest BCUT2D eigenvalue weighted by Gasteiger charge is -2.09. The number of terminal acetylenes is 1. The average Bonchev–Trinajstić information content (AvgIpc) is 3.59. The highest BCUT2D eigenvalue weighted by atomic mass is 35.5. The van der Waals surface area contributed by atoms with Gasteiger partial charge in [-0.15, -0.1) is 12.3 Å². The van der Waals surface area contributed by atoms with Gasteiger partial charge < -0.3 is 20.2 Å². The molecule has 3 rings (SSSR count). The van der Waals surface area contributed by atoms with Gasteiger partial charge in [-0.25, -0.2) is 4.68 Å². The number of nitrogen functional groups attached to an aromatic ring is 1. The number of aliphatic imine (C=N–C) groups is 1. The first kappa shape index (κ1) is 38.9. The lowest BCUT2D eigenvalue weighted by Crippen LogP contribution is -2.10. The van der Waals surface area contributed by atoms with Gasteiger partial charge in [0.2, 0.25) is 5.78 Å². The van der Waals surface area contributed by atoms with Crippen LogP contribution < -0.4 is 10.5 Å². The first-order chi connectivity index (χ1) is 21.6. The fraction of sp³-hybridized carbons (Fsp3) is 0.343. The Kier molecular flexibility index (Phi) is 17.9. The average molecular weight is 651 g/mol. The third-order valence-corrected chi connectivity index (χ3v) is 6.63. The molecule has 10 heteroatoms. The van der Waals surface area contributed by atoms with Crippen LogP contribution in [0.15, 0.2) is 76.1 Å². The molecule has 0 spiro atoms. The molecule has 0 radical (unpaired) electrons. The summed E-state index contributed by atoms with van der Waals surface area (Å²) in [5.41, 5.74) is 11.2. The predicted octanol–water partition coefficient (Wildman–Crippen LogP) is 9.22. The van der Waals surface area contributed by atoms with Gasteiger partial charge in [0.05, 0.1) is 24.0 Å². The number of nitrogens with zero attached hydrogens (tertiary/aromatic N) is 3. The van der Waals surface area contributed by atoms with Crippen LogP contribution in [0.5, 0.6) is 0 Å². The second-order valence-corrected chi connectivity index (χ2v) is 10.6. The monoisotopic (exact) mass is 650 g/mol. The molecule has 0 aliphatic carbocycles. The summed E-state index contributed by atoms with van der Waals surface area (Å²) >= 11 is 7.73. The van der Waals surface area contributed by atoms with Crippen LogP contribution in [-0.4, -0.2) is 39.2 Å². The van der Waals surface area contributed by atoms with Gasteiger partial charge >= 0.3 is 0 Å². The highest BCUT2D eigenvalue weighted by molar-refractivity contribution is 7.99. The van der Waals surface area contributed by atoms with E-state index in [9.17, 15) is 4.79 Å². The van der Waals surface area contributed by atoms with E-state index in [1.165, 1.54) is 18.1 Å². The minimum atomic E-state index is -0.200. The van der Waals surface area contributed by atoms with Gasteiger partial charge in [0, 0.05) is 40.8 Å². The van der Waals surface area contributed by atoms with Crippen molar-refractivity contribution >= 4 is 57.6 Å². The Morgan fingerprint density at radius 2 is 2.00 bits per heavy atom. The molecule has 0 fully saturated rings. The van der Waals surface area contributed by atoms with E-state index in [2.05, 4.69) is 32.1 Å². The molecular formula is C35H47ClN6O2S. The Morgan fingerprint density at radius 3 is 2.62 bits per heavy atom. The zero-order chi connectivity index (χ0) is 33.9. The number of nitrogens with two attached hydrogens (primary N) is 1. The summed E-state index contributed by atoms with van der Waals surface area (Å²) in [5.74, 6) is 3.60. The molecule has 3 aromatic rings. The predicted molar refractivity (Wildman–Crippen MR) is 196 cm³/mol. The number of allylic oxidation sites excluding steroid dienone is 7. The fourth-order valence-electron chi connectivity index (χ4n) is 4.00. The minimum Gasteiger partial charge on any atom is -0.448 e. The first-order valence-electron chi connectivity index (χ1n) is 14.8. The number of carbonyl (C=O) groups excluding carboxylic acids is 1. The highest BCUT2D eigenvalue weighted by Gasteiger charge is 2.19. The highest BCUT2D eigenvalue weighted by Crippen LogP contribution is 2.27. The molecule has 0 unspecified atom stereocenters. The maximum Gasteiger partial charge on any atom is 0.214 e. The SMILES string of the molecule is C#CC.CC.C\C=C/C=C(Cl)\C=C(/C)OC(C/C=C(/C)Cn1ncc(C(=O)c2cc3cc(C)c(NSC)cc3[nH]2)c1N)=NCC. The van der Waals surface area contributed by atoms with E-state index in [0.29, 0.717) is 53.3 Å². The lowest BCUT2D eigenvalue weighted by atomic mass is 10.1. The van der Waals surface area contributed by atoms with E-state index in [4.69, 9.17) is 22.1 Å². The van der Waals surface area contributed by atoms with Gasteiger partial charge in [0.1, 0.15) is 11.6 Å². The number of aryl methyl sites for hydroxylation is 1. The van der Waals surface area contributed by atoms with Gasteiger partial charge in [-0.3, -0.25) is 9.79 Å². The number of fused-ring (bicyclic) bond motifs is 1. The summed E-state index contributed by atoms with van der Waals surface area (Å²) < 4.78 is 10.8. The maximum atomic E-state index is 13.3. The number of benzene rings is 1. The van der Waals surface area contributed by atoms with Crippen molar-refractivity contribution in [3.05, 3.63) is 88.0 Å². The molecule has 0 saturated heterocycles. The van der Waals surface area contributed by atoms with Crippen LogP contribution in [0, 0.1) is 19.3 Å². The summed E-state index contributed by atoms with van der Waals surface area (Å²) in [5, 5.41) is 5.91. The number of H-pyrrole nitrogens is 1. The lowest BCUT2D eigenvalue weighted by molar-refractivity contribution is 0.103. The molecular weight excluding hydrogens is 604 g/mol. The molecule has 4 N–H and O–H groups in total. The number of carbonyl (C=O) groups is 1. The third-order valence-electron chi connectivity index (χ3n) is 5.97. The van der Waals surface area contributed by atoms with Crippen molar-refractivity contribution in [1.29, 1.82) is 0 Å². The van der Waals surface area contributed by atoms with Crippen molar-refractivity contribution in [2.24, 2.45) is 4.99 Å². The Hall–Kier alpha value is -4.13. The van der Waals surface area contributed by atoms with Gasteiger partial charge in [0.25, 0.3) is 0 Å². The standard InChI is InChI=1S/C30H37ClN6O2S.C3H4.C2H6/c1-7-9-10-23(31)14-21(5)39-28(33-8-2)12-11-19(3)18-37-30(32)24(17-34-37)29(38)27-15-22-13-20(4)25(36-40-6)16-26(22)35-27;1-3-2;1-2/h7,9-11,13-17,35-36H,8,12,18,32H2,1-6H3;1H,2H3;1-2H3/b9-7-,19-11-,21-14+,23-10+,33-28?;;. The van der Waals surface area contributed by atoms with Gasteiger partial charge in [-0.1, -0.05) is 61.2 Å². The summed E-state index contributed by atoms with van der Waals surface area (Å²) in [4.78, 5) is 21.0. The van der Waals surface area contributed by atoms with Crippen LogP contribution in [0.2, 0.25) is 0 Å². The number of aromatic amines is 1. The number of hydrogen-bond donors (Lipinski definition) is 3. The van der Waals surface area contributed by atoms with Crippen molar-refractivity contribution in [2.75, 3.05) is 23.3 Å². The normalized spacial score (nSPS) is 12.3. The largest absolute Gasteiger partial charge is 0.448 e. The van der Waals surface area contributed by atoms with Crippen molar-refractivity contribution in [3.63, 3.8) is 0 Å². The third kappa shape index (κ3) is 12.4. The smallest absolute Gasteiger partial charge is 0.214 e. The first-order valence-corrected chi connectivity index (χ1v) is 16.4. The Morgan fingerprint density at radius 1 is 1.31 bits per heavy atom. The van der Waals surface area contributed by atoms with Gasteiger partial charge in [-0.05, 0) is 77.5 Å². The maximum absolute atomic E-state index is 13.3. The number of ether oxygens (including phenoxy) is 1. The van der Waals surface area contributed by atoms with Crippen LogP contribution in [0.25, 0.3) is 10.9 Å². The number of ketones is 1. The van der Waals surface area contributed by atoms with Crippen LogP contribution in [-0.2, 0) is 11.3 Å². The molecule has 45 heavy (non-hydrogen) atoms. The second-order valence-electron chi connectivity index (χ2n) is 9.52. The molecule has 0 saturated carbocycles. The molecule has 8 nitrogen and oxygen atoms in total. The Bertz CT molecular complexity index is 1600. The van der Waals surface area contributed by atoms with Crippen molar-refractivity contribution in [3.8, 4) is 12.3 Å². The number of rotatable bonds is 12. The van der Waals surface area contributed by atoms with Crippen LogP contribution in [0.1, 0.15) is 76.5 Å². The van der Waals surface area contributed by atoms with E-state index in [-0.39, 0.29) is 5.78 Å². The number of anilines is 2. The van der Waals surface area contributed by atoms with Gasteiger partial charge in [0.15, 0.2) is 5.90 Å². The quantitative estimate of drug-likeness (QED) is 0.0263. The topological polar surface area (TPSA) is 110 Å². The summed E-state index contributed by atoms with van der Waals surface area (Å²) in [6.07, 6.45) is 17.9. The molecule has 242 valence electrons. The second kappa shape index (κ2) is 20.8. The molecule has 0 amide bonds. The molecule has 2 heterocycles.